The minimum Gasteiger partial charge on any atom is -0.494 e. The molecule has 4 aromatic rings. The van der Waals surface area contributed by atoms with Crippen LogP contribution in [0.15, 0.2) is 85.2 Å². The van der Waals surface area contributed by atoms with Gasteiger partial charge in [0, 0.05) is 55.6 Å². The zero-order valence-corrected chi connectivity index (χ0v) is 35.1. The number of carboxylic acids is 1. The minimum absolute atomic E-state index is 0.0702. The van der Waals surface area contributed by atoms with Gasteiger partial charge in [-0.3, -0.25) is 19.2 Å². The van der Waals surface area contributed by atoms with Crippen LogP contribution in [0.25, 0.3) is 22.5 Å². The van der Waals surface area contributed by atoms with Gasteiger partial charge in [0.15, 0.2) is 5.82 Å². The predicted octanol–water partition coefficient (Wildman–Crippen LogP) is 6.78. The molecule has 310 valence electrons. The Morgan fingerprint density at radius 2 is 1.36 bits per heavy atom. The van der Waals surface area contributed by atoms with Crippen LogP contribution in [0.4, 0.5) is 0 Å². The Bertz CT molecular complexity index is 1920. The Hall–Kier alpha value is -5.62. The molecular formula is C46H60N6O6. The lowest BCUT2D eigenvalue weighted by Crippen LogP contribution is -2.55. The second-order valence-electron chi connectivity index (χ2n) is 16.1. The highest BCUT2D eigenvalue weighted by Crippen LogP contribution is 2.25. The second kappa shape index (κ2) is 21.8. The van der Waals surface area contributed by atoms with Crippen LogP contribution >= 0.6 is 0 Å². The molecule has 2 atom stereocenters. The number of unbranched alkanes of at least 4 members (excludes halogenated alkanes) is 4. The maximum absolute atomic E-state index is 13.9. The quantitative estimate of drug-likeness (QED) is 0.0776. The molecular weight excluding hydrogens is 733 g/mol. The highest BCUT2D eigenvalue weighted by Gasteiger charge is 2.31. The molecule has 0 aliphatic heterocycles. The number of amides is 3. The van der Waals surface area contributed by atoms with Crippen molar-refractivity contribution >= 4 is 23.7 Å². The summed E-state index contributed by atoms with van der Waals surface area (Å²) < 4.78 is 5.90. The number of ether oxygens (including phenoxy) is 1. The first kappa shape index (κ1) is 45.1. The van der Waals surface area contributed by atoms with E-state index >= 15 is 0 Å². The van der Waals surface area contributed by atoms with E-state index in [-0.39, 0.29) is 11.8 Å². The summed E-state index contributed by atoms with van der Waals surface area (Å²) in [6.45, 7) is 10.0. The van der Waals surface area contributed by atoms with Gasteiger partial charge in [-0.05, 0) is 66.9 Å². The summed E-state index contributed by atoms with van der Waals surface area (Å²) >= 11 is 0. The number of hydrogen-bond donors (Lipinski definition) is 3. The summed E-state index contributed by atoms with van der Waals surface area (Å²) in [7, 11) is 5.29. The molecule has 0 aliphatic carbocycles. The molecule has 58 heavy (non-hydrogen) atoms. The molecule has 1 heterocycles. The van der Waals surface area contributed by atoms with E-state index in [1.54, 1.807) is 31.6 Å². The summed E-state index contributed by atoms with van der Waals surface area (Å²) in [5.74, 6) is -1.57. The lowest BCUT2D eigenvalue weighted by atomic mass is 9.86. The Morgan fingerprint density at radius 3 is 1.95 bits per heavy atom. The van der Waals surface area contributed by atoms with Crippen molar-refractivity contribution in [2.45, 2.75) is 90.1 Å². The van der Waals surface area contributed by atoms with E-state index in [9.17, 15) is 24.3 Å². The number of carbonyl (C=O) groups is 4. The van der Waals surface area contributed by atoms with Gasteiger partial charge in [-0.15, -0.1) is 0 Å². The molecule has 1 aromatic heterocycles. The number of aliphatic carboxylic acids is 1. The summed E-state index contributed by atoms with van der Waals surface area (Å²) in [4.78, 5) is 65.1. The summed E-state index contributed by atoms with van der Waals surface area (Å²) in [6.07, 6.45) is 8.95. The lowest BCUT2D eigenvalue weighted by Gasteiger charge is -2.27. The number of likely N-dealkylation sites (N-methyl/N-ethyl adjacent to an activating group) is 2. The Labute approximate surface area is 343 Å². The SMILES string of the molecule is CCCCCCCOc1ccc(-c2cnc(-c3ccc(CC(NC(=O)c4ccc(C(C)(C)C)cc4)C(=O)NC(CC(=O)O)C(=O)N(C)CCN(C)C)cc3)nc2)cc1. The van der Waals surface area contributed by atoms with Gasteiger partial charge in [-0.2, -0.15) is 0 Å². The first-order valence-corrected chi connectivity index (χ1v) is 20.1. The van der Waals surface area contributed by atoms with E-state index in [2.05, 4.69) is 48.3 Å². The van der Waals surface area contributed by atoms with E-state index in [1.165, 1.54) is 30.6 Å². The van der Waals surface area contributed by atoms with Crippen molar-refractivity contribution in [3.63, 3.8) is 0 Å². The zero-order valence-electron chi connectivity index (χ0n) is 35.1. The van der Waals surface area contributed by atoms with Gasteiger partial charge >= 0.3 is 5.97 Å². The molecule has 3 aromatic carbocycles. The second-order valence-corrected chi connectivity index (χ2v) is 16.1. The van der Waals surface area contributed by atoms with Crippen LogP contribution in [0.1, 0.15) is 87.7 Å². The van der Waals surface area contributed by atoms with Gasteiger partial charge in [0.2, 0.25) is 11.8 Å². The first-order valence-electron chi connectivity index (χ1n) is 20.1. The monoisotopic (exact) mass is 792 g/mol. The van der Waals surface area contributed by atoms with Gasteiger partial charge in [-0.25, -0.2) is 9.97 Å². The van der Waals surface area contributed by atoms with Crippen LogP contribution in [0.5, 0.6) is 5.75 Å². The molecule has 0 saturated heterocycles. The number of hydrogen-bond acceptors (Lipinski definition) is 8. The molecule has 0 saturated carbocycles. The third kappa shape index (κ3) is 14.1. The fourth-order valence-electron chi connectivity index (χ4n) is 6.24. The molecule has 3 amide bonds. The number of carboxylic acid groups (broad SMARTS) is 1. The third-order valence-electron chi connectivity index (χ3n) is 9.90. The van der Waals surface area contributed by atoms with Gasteiger partial charge < -0.3 is 30.3 Å². The number of carbonyl (C=O) groups excluding carboxylic acids is 3. The number of benzene rings is 3. The predicted molar refractivity (Wildman–Crippen MR) is 228 cm³/mol. The fourth-order valence-corrected chi connectivity index (χ4v) is 6.24. The fraction of sp³-hybridized carbons (Fsp3) is 0.435. The van der Waals surface area contributed by atoms with Crippen molar-refractivity contribution in [1.29, 1.82) is 0 Å². The standard InChI is InChI=1S/C46H60N6O6/c1-8-9-10-11-12-27-58-38-23-19-33(20-24-38)36-30-47-42(48-31-36)34-15-13-32(14-16-34)28-39(49-43(55)35-17-21-37(22-18-35)46(2,3)4)44(56)50-40(29-41(53)54)45(57)52(7)26-25-51(5)6/h13-24,30-31,39-40H,8-12,25-29H2,1-7H3,(H,49,55)(H,50,56)(H,53,54). The van der Waals surface area contributed by atoms with Crippen molar-refractivity contribution in [2.24, 2.45) is 0 Å². The van der Waals surface area contributed by atoms with Crippen molar-refractivity contribution in [2.75, 3.05) is 40.8 Å². The van der Waals surface area contributed by atoms with E-state index in [4.69, 9.17) is 4.74 Å². The van der Waals surface area contributed by atoms with Gasteiger partial charge in [0.05, 0.1) is 13.0 Å². The summed E-state index contributed by atoms with van der Waals surface area (Å²) in [5.41, 5.74) is 4.62. The largest absolute Gasteiger partial charge is 0.494 e. The van der Waals surface area contributed by atoms with Crippen LogP contribution in [0.2, 0.25) is 0 Å². The third-order valence-corrected chi connectivity index (χ3v) is 9.90. The molecule has 2 unspecified atom stereocenters. The van der Waals surface area contributed by atoms with Gasteiger partial charge in [0.1, 0.15) is 17.8 Å². The zero-order chi connectivity index (χ0) is 42.2. The molecule has 4 rings (SSSR count). The Morgan fingerprint density at radius 1 is 0.741 bits per heavy atom. The molecule has 12 heteroatoms. The molecule has 0 radical (unpaired) electrons. The van der Waals surface area contributed by atoms with Crippen LogP contribution in [0.3, 0.4) is 0 Å². The number of aromatic nitrogens is 2. The van der Waals surface area contributed by atoms with Crippen molar-refractivity contribution < 1.29 is 29.0 Å². The summed E-state index contributed by atoms with van der Waals surface area (Å²) in [6, 6.07) is 20.0. The average Bonchev–Trinajstić information content (AvgIpc) is 3.20. The van der Waals surface area contributed by atoms with Crippen molar-refractivity contribution in [3.8, 4) is 28.3 Å². The smallest absolute Gasteiger partial charge is 0.305 e. The number of nitrogens with zero attached hydrogens (tertiary/aromatic N) is 4. The summed E-state index contributed by atoms with van der Waals surface area (Å²) in [5, 5.41) is 15.1. The van der Waals surface area contributed by atoms with Gasteiger partial charge in [-0.1, -0.05) is 102 Å². The topological polar surface area (TPSA) is 154 Å². The first-order chi connectivity index (χ1) is 27.6. The van der Waals surface area contributed by atoms with E-state index in [1.807, 2.05) is 79.7 Å². The maximum atomic E-state index is 13.9. The maximum Gasteiger partial charge on any atom is 0.305 e. The number of rotatable bonds is 21. The van der Waals surface area contributed by atoms with E-state index < -0.39 is 42.2 Å². The van der Waals surface area contributed by atoms with Gasteiger partial charge in [0.25, 0.3) is 5.91 Å². The highest BCUT2D eigenvalue weighted by molar-refractivity contribution is 5.99. The Balaban J connectivity index is 1.48. The molecule has 0 fully saturated rings. The van der Waals surface area contributed by atoms with Crippen LogP contribution in [0, 0.1) is 0 Å². The normalized spacial score (nSPS) is 12.4. The minimum atomic E-state index is -1.33. The van der Waals surface area contributed by atoms with Crippen molar-refractivity contribution in [3.05, 3.63) is 102 Å². The van der Waals surface area contributed by atoms with E-state index in [0.29, 0.717) is 31.1 Å². The van der Waals surface area contributed by atoms with E-state index in [0.717, 1.165) is 40.0 Å². The Kier molecular flexibility index (Phi) is 16.9. The van der Waals surface area contributed by atoms with Crippen LogP contribution in [-0.2, 0) is 26.2 Å². The average molecular weight is 793 g/mol. The van der Waals surface area contributed by atoms with Crippen molar-refractivity contribution in [1.82, 2.24) is 30.4 Å². The molecule has 3 N–H and O–H groups in total. The molecule has 0 bridgehead atoms. The van der Waals surface area contributed by atoms with Crippen LogP contribution < -0.4 is 15.4 Å². The molecule has 0 spiro atoms. The number of nitrogens with one attached hydrogen (secondary N) is 2. The highest BCUT2D eigenvalue weighted by atomic mass is 16.5. The molecule has 0 aliphatic rings. The lowest BCUT2D eigenvalue weighted by molar-refractivity contribution is -0.143. The molecule has 12 nitrogen and oxygen atoms in total. The van der Waals surface area contributed by atoms with Crippen LogP contribution in [-0.4, -0.2) is 101 Å².